The summed E-state index contributed by atoms with van der Waals surface area (Å²) in [6, 6.07) is 19.5. The minimum Gasteiger partial charge on any atom is -0.508 e. The van der Waals surface area contributed by atoms with Crippen molar-refractivity contribution in [1.82, 2.24) is 4.98 Å². The molecule has 0 radical (unpaired) electrons. The number of rotatable bonds is 5. The van der Waals surface area contributed by atoms with Gasteiger partial charge in [0.25, 0.3) is 0 Å². The molecule has 6 heteroatoms. The molecule has 0 atom stereocenters. The summed E-state index contributed by atoms with van der Waals surface area (Å²) in [5.41, 5.74) is 6.48. The van der Waals surface area contributed by atoms with E-state index in [2.05, 4.69) is 35.4 Å². The molecule has 2 aromatic carbocycles. The quantitative estimate of drug-likeness (QED) is 0.340. The van der Waals surface area contributed by atoms with Crippen LogP contribution in [0, 0.1) is 18.3 Å². The molecule has 0 spiro atoms. The van der Waals surface area contributed by atoms with E-state index in [1.54, 1.807) is 53.7 Å². The summed E-state index contributed by atoms with van der Waals surface area (Å²) in [5.74, 6) is 0.215. The Bertz CT molecular complexity index is 1240. The number of phenols is 1. The highest BCUT2D eigenvalue weighted by molar-refractivity contribution is 8.00. The molecule has 30 heavy (non-hydrogen) atoms. The molecule has 4 aromatic rings. The van der Waals surface area contributed by atoms with Gasteiger partial charge in [0.2, 0.25) is 0 Å². The molecule has 4 nitrogen and oxygen atoms in total. The van der Waals surface area contributed by atoms with Crippen molar-refractivity contribution in [2.45, 2.75) is 11.1 Å². The number of hydrogen-bond donors (Lipinski definition) is 2. The molecule has 0 aliphatic heterocycles. The summed E-state index contributed by atoms with van der Waals surface area (Å²) in [6.07, 6.45) is 5.54. The van der Waals surface area contributed by atoms with E-state index in [0.29, 0.717) is 5.56 Å². The zero-order chi connectivity index (χ0) is 21.1. The van der Waals surface area contributed by atoms with Crippen molar-refractivity contribution in [3.8, 4) is 33.4 Å². The van der Waals surface area contributed by atoms with Gasteiger partial charge in [-0.1, -0.05) is 18.2 Å². The van der Waals surface area contributed by atoms with Crippen molar-refractivity contribution >= 4 is 34.5 Å². The number of nitrogens with one attached hydrogen (secondary N) is 1. The van der Waals surface area contributed by atoms with Gasteiger partial charge in [0.15, 0.2) is 0 Å². The van der Waals surface area contributed by atoms with Crippen LogP contribution in [0.2, 0.25) is 0 Å². The van der Waals surface area contributed by atoms with Gasteiger partial charge in [-0.25, -0.2) is 0 Å². The number of aromatic hydroxyl groups is 1. The third kappa shape index (κ3) is 3.90. The van der Waals surface area contributed by atoms with E-state index >= 15 is 0 Å². The van der Waals surface area contributed by atoms with E-state index in [-0.39, 0.29) is 5.75 Å². The summed E-state index contributed by atoms with van der Waals surface area (Å²) < 4.78 is 0.997. The second-order valence-electron chi connectivity index (χ2n) is 6.73. The molecule has 148 valence electrons. The SMILES string of the molecule is CSc1sc(-c2cc(Nc3cccc(O)c3)ccc2C)c(-c2cccnc2)c1C#N. The second kappa shape index (κ2) is 8.62. The molecule has 0 saturated heterocycles. The van der Waals surface area contributed by atoms with Gasteiger partial charge in [-0.05, 0) is 54.6 Å². The molecule has 2 heterocycles. The maximum atomic E-state index is 9.88. The van der Waals surface area contributed by atoms with Crippen LogP contribution in [0.3, 0.4) is 0 Å². The molecule has 0 aliphatic rings. The summed E-state index contributed by atoms with van der Waals surface area (Å²) in [6.45, 7) is 2.07. The largest absolute Gasteiger partial charge is 0.508 e. The molecular formula is C24H19N3OS2. The van der Waals surface area contributed by atoms with Gasteiger partial charge in [0.1, 0.15) is 11.8 Å². The Labute approximate surface area is 183 Å². The van der Waals surface area contributed by atoms with Gasteiger partial charge < -0.3 is 10.4 Å². The molecule has 0 fully saturated rings. The second-order valence-corrected chi connectivity index (χ2v) is 8.83. The maximum Gasteiger partial charge on any atom is 0.117 e. The smallest absolute Gasteiger partial charge is 0.117 e. The predicted octanol–water partition coefficient (Wildman–Crippen LogP) is 6.83. The van der Waals surface area contributed by atoms with E-state index < -0.39 is 0 Å². The molecule has 0 amide bonds. The molecule has 0 saturated carbocycles. The summed E-state index contributed by atoms with van der Waals surface area (Å²) in [7, 11) is 0. The lowest BCUT2D eigenvalue weighted by molar-refractivity contribution is 0.475. The van der Waals surface area contributed by atoms with E-state index in [1.165, 1.54) is 0 Å². The van der Waals surface area contributed by atoms with Crippen LogP contribution in [0.1, 0.15) is 11.1 Å². The van der Waals surface area contributed by atoms with E-state index in [0.717, 1.165) is 42.7 Å². The number of phenolic OH excluding ortho intramolecular Hbond substituents is 1. The maximum absolute atomic E-state index is 9.88. The van der Waals surface area contributed by atoms with Crippen LogP contribution in [0.25, 0.3) is 21.6 Å². The zero-order valence-electron chi connectivity index (χ0n) is 16.5. The first kappa shape index (κ1) is 20.0. The Morgan fingerprint density at radius 1 is 1.10 bits per heavy atom. The highest BCUT2D eigenvalue weighted by Gasteiger charge is 2.22. The Hall–Kier alpha value is -3.27. The van der Waals surface area contributed by atoms with Crippen LogP contribution < -0.4 is 5.32 Å². The van der Waals surface area contributed by atoms with Gasteiger partial charge in [-0.2, -0.15) is 5.26 Å². The van der Waals surface area contributed by atoms with Crippen molar-refractivity contribution in [3.05, 3.63) is 78.1 Å². The average molecular weight is 430 g/mol. The normalized spacial score (nSPS) is 10.6. The summed E-state index contributed by atoms with van der Waals surface area (Å²) in [4.78, 5) is 5.32. The summed E-state index contributed by atoms with van der Waals surface area (Å²) >= 11 is 3.23. The lowest BCUT2D eigenvalue weighted by Crippen LogP contribution is -1.92. The first-order valence-electron chi connectivity index (χ1n) is 9.29. The van der Waals surface area contributed by atoms with Gasteiger partial charge in [0.05, 0.1) is 9.77 Å². The van der Waals surface area contributed by atoms with E-state index in [9.17, 15) is 10.4 Å². The van der Waals surface area contributed by atoms with Crippen LogP contribution in [0.15, 0.2) is 71.2 Å². The highest BCUT2D eigenvalue weighted by atomic mass is 32.2. The van der Waals surface area contributed by atoms with Crippen molar-refractivity contribution in [3.63, 3.8) is 0 Å². The number of nitrogens with zero attached hydrogens (tertiary/aromatic N) is 2. The number of nitriles is 1. The van der Waals surface area contributed by atoms with Crippen molar-refractivity contribution < 1.29 is 5.11 Å². The Morgan fingerprint density at radius 2 is 1.93 bits per heavy atom. The monoisotopic (exact) mass is 429 g/mol. The lowest BCUT2D eigenvalue weighted by atomic mass is 9.97. The van der Waals surface area contributed by atoms with Crippen molar-refractivity contribution in [1.29, 1.82) is 5.26 Å². The molecule has 4 rings (SSSR count). The number of aromatic nitrogens is 1. The first-order chi connectivity index (χ1) is 14.6. The fourth-order valence-corrected chi connectivity index (χ4v) is 5.35. The molecule has 2 N–H and O–H groups in total. The predicted molar refractivity (Wildman–Crippen MR) is 126 cm³/mol. The Balaban J connectivity index is 1.86. The van der Waals surface area contributed by atoms with E-state index in [4.69, 9.17) is 0 Å². The molecule has 0 aliphatic carbocycles. The number of thiophene rings is 1. The number of thioether (sulfide) groups is 1. The number of pyridine rings is 1. The standard InChI is InChI=1S/C24H19N3OS2/c1-15-8-9-18(27-17-6-3-7-19(28)11-17)12-20(15)23-22(16-5-4-10-26-14-16)21(13-25)24(29-2)30-23/h3-12,14,27-28H,1-2H3. The van der Waals surface area contributed by atoms with Crippen LogP contribution in [-0.2, 0) is 0 Å². The minimum absolute atomic E-state index is 0.215. The molecule has 0 unspecified atom stereocenters. The molecular weight excluding hydrogens is 410 g/mol. The van der Waals surface area contributed by atoms with Crippen molar-refractivity contribution in [2.24, 2.45) is 0 Å². The van der Waals surface area contributed by atoms with Crippen LogP contribution >= 0.6 is 23.1 Å². The third-order valence-electron chi connectivity index (χ3n) is 4.74. The molecule has 2 aromatic heterocycles. The third-order valence-corrected chi connectivity index (χ3v) is 7.08. The summed E-state index contributed by atoms with van der Waals surface area (Å²) in [5, 5.41) is 23.0. The average Bonchev–Trinajstić information content (AvgIpc) is 3.14. The topological polar surface area (TPSA) is 68.9 Å². The number of hydrogen-bond acceptors (Lipinski definition) is 6. The van der Waals surface area contributed by atoms with Gasteiger partial charge in [0, 0.05) is 45.8 Å². The lowest BCUT2D eigenvalue weighted by Gasteiger charge is -2.12. The first-order valence-corrected chi connectivity index (χ1v) is 11.3. The number of aryl methyl sites for hydroxylation is 1. The molecule has 0 bridgehead atoms. The van der Waals surface area contributed by atoms with Gasteiger partial charge in [-0.3, -0.25) is 4.98 Å². The van der Waals surface area contributed by atoms with Crippen LogP contribution in [-0.4, -0.2) is 16.3 Å². The van der Waals surface area contributed by atoms with Crippen LogP contribution in [0.4, 0.5) is 11.4 Å². The fraction of sp³-hybridized carbons (Fsp3) is 0.0833. The van der Waals surface area contributed by atoms with Gasteiger partial charge in [-0.15, -0.1) is 23.1 Å². The zero-order valence-corrected chi connectivity index (χ0v) is 18.1. The Morgan fingerprint density at radius 3 is 2.63 bits per heavy atom. The highest BCUT2D eigenvalue weighted by Crippen LogP contribution is 2.47. The Kier molecular flexibility index (Phi) is 5.75. The minimum atomic E-state index is 0.215. The van der Waals surface area contributed by atoms with Crippen LogP contribution in [0.5, 0.6) is 5.75 Å². The fourth-order valence-electron chi connectivity index (χ4n) is 3.33. The number of benzene rings is 2. The van der Waals surface area contributed by atoms with Gasteiger partial charge >= 0.3 is 0 Å². The van der Waals surface area contributed by atoms with Crippen molar-refractivity contribution in [2.75, 3.05) is 11.6 Å². The van der Waals surface area contributed by atoms with E-state index in [1.807, 2.05) is 30.5 Å². The number of anilines is 2.